The zero-order valence-electron chi connectivity index (χ0n) is 31.2. The number of hydrogen-bond donors (Lipinski definition) is 6. The van der Waals surface area contributed by atoms with Crippen LogP contribution in [0.5, 0.6) is 17.4 Å². The summed E-state index contributed by atoms with van der Waals surface area (Å²) in [6.07, 6.45) is 0.995. The van der Waals surface area contributed by atoms with Gasteiger partial charge in [0.05, 0.1) is 57.3 Å². The second-order valence-electron chi connectivity index (χ2n) is 12.9. The number of phenolic OH excluding ortho intramolecular Hbond substituents is 1. The number of aliphatic hydroxyl groups is 1. The first-order chi connectivity index (χ1) is 29.4. The normalized spacial score (nSPS) is 12.8. The molecule has 2 heterocycles. The van der Waals surface area contributed by atoms with Gasteiger partial charge >= 0.3 is 0 Å². The van der Waals surface area contributed by atoms with Crippen LogP contribution in [0.3, 0.4) is 0 Å². The zero-order valence-corrected chi connectivity index (χ0v) is 34.5. The molecule has 0 aliphatic rings. The summed E-state index contributed by atoms with van der Waals surface area (Å²) in [5, 5.41) is 60.1. The predicted molar refractivity (Wildman–Crippen MR) is 222 cm³/mol. The number of benzene rings is 5. The van der Waals surface area contributed by atoms with Crippen LogP contribution in [0.1, 0.15) is 12.0 Å². The molecule has 0 unspecified atom stereocenters. The Labute approximate surface area is 354 Å². The van der Waals surface area contributed by atoms with E-state index < -0.39 is 57.5 Å². The molecule has 0 bridgehead atoms. The Bertz CT molecular complexity index is 3300. The summed E-state index contributed by atoms with van der Waals surface area (Å²) in [6.45, 7) is -0.326. The van der Waals surface area contributed by atoms with E-state index in [9.17, 15) is 49.7 Å². The summed E-state index contributed by atoms with van der Waals surface area (Å²) < 4.78 is 106. The van der Waals surface area contributed by atoms with Crippen molar-refractivity contribution in [2.24, 2.45) is 30.7 Å². The van der Waals surface area contributed by atoms with Gasteiger partial charge in [-0.05, 0) is 78.7 Å². The van der Waals surface area contributed by atoms with Crippen LogP contribution in [-0.4, -0.2) is 81.4 Å². The number of aromatic nitrogens is 3. The third-order valence-electron chi connectivity index (χ3n) is 8.58. The van der Waals surface area contributed by atoms with Crippen molar-refractivity contribution in [2.45, 2.75) is 22.8 Å². The third kappa shape index (κ3) is 10.1. The second-order valence-corrected chi connectivity index (χ2v) is 18.3. The van der Waals surface area contributed by atoms with Crippen molar-refractivity contribution in [3.63, 3.8) is 0 Å². The highest BCUT2D eigenvalue weighted by Crippen LogP contribution is 2.42. The molecule has 2 aromatic heterocycles. The number of phenols is 1. The van der Waals surface area contributed by atoms with Gasteiger partial charge in [-0.15, -0.1) is 25.6 Å². The molecule has 0 saturated heterocycles. The van der Waals surface area contributed by atoms with Gasteiger partial charge in [0.1, 0.15) is 22.0 Å². The lowest BCUT2D eigenvalue weighted by atomic mass is 10.1. The largest absolute Gasteiger partial charge is 0.505 e. The lowest BCUT2D eigenvalue weighted by molar-refractivity contribution is 0.282. The highest BCUT2D eigenvalue weighted by Gasteiger charge is 2.20. The molecule has 5 aromatic carbocycles. The summed E-state index contributed by atoms with van der Waals surface area (Å²) >= 11 is 1.24. The number of hydrogen-bond acceptors (Lipinski definition) is 19. The number of fused-ring (bicyclic) bond motifs is 2. The Balaban J connectivity index is 1.19. The molecule has 22 nitrogen and oxygen atoms in total. The van der Waals surface area contributed by atoms with Crippen molar-refractivity contribution >= 4 is 96.2 Å². The maximum Gasteiger partial charge on any atom is 0.295 e. The minimum atomic E-state index is -4.93. The topological polar surface area (TPSA) is 338 Å². The SMILES string of the molecule is O=S(=O)(O)CCCOc1cc(N=Nc2nc3ccc(CO)cc3s2)ccc1N=Nc1ccc2c(S(=O)(=O)O)cc(N=Nc3cnn(-c4ccc(S(=O)(=O)O)cc4)c3O)cc2c1O. The van der Waals surface area contributed by atoms with Crippen molar-refractivity contribution in [1.29, 1.82) is 0 Å². The lowest BCUT2D eigenvalue weighted by Crippen LogP contribution is -2.08. The van der Waals surface area contributed by atoms with E-state index in [1.54, 1.807) is 18.2 Å². The predicted octanol–water partition coefficient (Wildman–Crippen LogP) is 7.94. The van der Waals surface area contributed by atoms with Crippen LogP contribution in [0.15, 0.2) is 132 Å². The van der Waals surface area contributed by atoms with Crippen molar-refractivity contribution in [1.82, 2.24) is 14.8 Å². The molecule has 6 N–H and O–H groups in total. The Morgan fingerprint density at radius 3 is 2.11 bits per heavy atom. The fraction of sp³-hybridized carbons (Fsp3) is 0.111. The second kappa shape index (κ2) is 17.4. The minimum absolute atomic E-state index is 0.0516. The van der Waals surface area contributed by atoms with Crippen LogP contribution < -0.4 is 4.74 Å². The first kappa shape index (κ1) is 43.4. The molecule has 7 rings (SSSR count). The molecule has 0 aliphatic carbocycles. The molecular formula is C36H29N9O13S4. The first-order valence-electron chi connectivity index (χ1n) is 17.5. The Morgan fingerprint density at radius 1 is 0.694 bits per heavy atom. The van der Waals surface area contributed by atoms with Gasteiger partial charge in [-0.2, -0.15) is 40.1 Å². The van der Waals surface area contributed by atoms with Gasteiger partial charge in [0, 0.05) is 16.8 Å². The minimum Gasteiger partial charge on any atom is -0.505 e. The molecule has 320 valence electrons. The maximum atomic E-state index is 12.5. The quantitative estimate of drug-likeness (QED) is 0.0323. The number of nitrogens with zero attached hydrogens (tertiary/aromatic N) is 9. The summed E-state index contributed by atoms with van der Waals surface area (Å²) in [6, 6.07) is 19.0. The number of rotatable bonds is 15. The molecule has 26 heteroatoms. The van der Waals surface area contributed by atoms with E-state index in [2.05, 4.69) is 40.8 Å². The van der Waals surface area contributed by atoms with Gasteiger partial charge in [0.2, 0.25) is 11.0 Å². The van der Waals surface area contributed by atoms with E-state index in [1.165, 1.54) is 59.9 Å². The molecular weight excluding hydrogens is 895 g/mol. The average molecular weight is 924 g/mol. The number of azo groups is 3. The van der Waals surface area contributed by atoms with E-state index in [1.807, 2.05) is 0 Å². The third-order valence-corrected chi connectivity index (χ3v) is 12.0. The highest BCUT2D eigenvalue weighted by atomic mass is 32.2. The zero-order chi connectivity index (χ0) is 44.4. The van der Waals surface area contributed by atoms with Crippen molar-refractivity contribution in [2.75, 3.05) is 12.4 Å². The van der Waals surface area contributed by atoms with E-state index >= 15 is 0 Å². The van der Waals surface area contributed by atoms with Crippen LogP contribution in [0, 0.1) is 0 Å². The van der Waals surface area contributed by atoms with Crippen molar-refractivity contribution in [3.8, 4) is 23.1 Å². The van der Waals surface area contributed by atoms with Gasteiger partial charge < -0.3 is 20.1 Å². The Morgan fingerprint density at radius 2 is 1.40 bits per heavy atom. The average Bonchev–Trinajstić information content (AvgIpc) is 3.81. The molecule has 0 aliphatic heterocycles. The lowest BCUT2D eigenvalue weighted by Gasteiger charge is -2.10. The van der Waals surface area contributed by atoms with Crippen molar-refractivity contribution in [3.05, 3.63) is 96.7 Å². The van der Waals surface area contributed by atoms with Gasteiger partial charge in [0.15, 0.2) is 11.4 Å². The van der Waals surface area contributed by atoms with Crippen LogP contribution in [0.4, 0.5) is 33.6 Å². The van der Waals surface area contributed by atoms with E-state index in [4.69, 9.17) is 9.29 Å². The molecule has 0 fully saturated rings. The highest BCUT2D eigenvalue weighted by molar-refractivity contribution is 7.86. The summed E-state index contributed by atoms with van der Waals surface area (Å²) in [5.74, 6) is -1.69. The monoisotopic (exact) mass is 923 g/mol. The van der Waals surface area contributed by atoms with Gasteiger partial charge in [-0.3, -0.25) is 13.7 Å². The summed E-state index contributed by atoms with van der Waals surface area (Å²) in [5.41, 5.74) is 1.26. The van der Waals surface area contributed by atoms with E-state index in [0.717, 1.165) is 33.8 Å². The molecule has 0 saturated carbocycles. The summed E-state index contributed by atoms with van der Waals surface area (Å²) in [7, 11) is -13.7. The molecule has 62 heavy (non-hydrogen) atoms. The first-order valence-corrected chi connectivity index (χ1v) is 22.8. The molecule has 0 amide bonds. The molecule has 7 aromatic rings. The van der Waals surface area contributed by atoms with E-state index in [-0.39, 0.29) is 70.3 Å². The van der Waals surface area contributed by atoms with Crippen molar-refractivity contribution < 1.29 is 59.0 Å². The van der Waals surface area contributed by atoms with Gasteiger partial charge in [0.25, 0.3) is 30.4 Å². The molecule has 0 atom stereocenters. The Hall–Kier alpha value is -6.65. The van der Waals surface area contributed by atoms with Gasteiger partial charge in [-0.25, -0.2) is 4.98 Å². The van der Waals surface area contributed by atoms with Crippen LogP contribution in [0.25, 0.3) is 26.7 Å². The van der Waals surface area contributed by atoms with E-state index in [0.29, 0.717) is 16.2 Å². The van der Waals surface area contributed by atoms with Crippen LogP contribution in [0.2, 0.25) is 0 Å². The standard InChI is InChI=1S/C36H29N9O13S4/c46-19-20-2-9-28-32(14-20)59-36(38-28)44-39-21-3-10-27(31(16-21)58-12-1-13-60(49,50)51)41-42-29-11-8-25-26(34(29)47)15-22(17-33(25)62(55,56)57)40-43-30-18-37-45(35(30)48)23-4-6-24(7-5-23)61(52,53)54/h2-11,14-18,46-48H,1,12-13,19H2,(H,49,50,51)(H,52,53,54)(H,55,56,57). The number of thiazole rings is 1. The maximum absolute atomic E-state index is 12.5. The van der Waals surface area contributed by atoms with Crippen LogP contribution >= 0.6 is 11.3 Å². The number of aliphatic hydroxyl groups excluding tert-OH is 1. The van der Waals surface area contributed by atoms with Crippen LogP contribution in [-0.2, 0) is 37.0 Å². The number of aromatic hydroxyl groups is 2. The van der Waals surface area contributed by atoms with Gasteiger partial charge in [-0.1, -0.05) is 23.5 Å². The smallest absolute Gasteiger partial charge is 0.295 e. The fourth-order valence-electron chi connectivity index (χ4n) is 5.67. The molecule has 0 radical (unpaired) electrons. The fourth-order valence-corrected chi connectivity index (χ4v) is 8.21. The number of ether oxygens (including phenoxy) is 1. The molecule has 0 spiro atoms. The Kier molecular flexibility index (Phi) is 12.2. The summed E-state index contributed by atoms with van der Waals surface area (Å²) in [4.78, 5) is 3.35.